The van der Waals surface area contributed by atoms with Gasteiger partial charge in [0.1, 0.15) is 11.3 Å². The molecule has 0 aliphatic rings. The van der Waals surface area contributed by atoms with Gasteiger partial charge in [0.05, 0.1) is 6.61 Å². The standard InChI is InChI=1S/C20H28O3/c1-3-5-6-7-8-9-13-22-17-11-12-18-16(10-4-2)14-20(21)23-19(18)15-17/h11-12,14-15H,3-10,13H2,1-2H3. The Morgan fingerprint density at radius 3 is 2.52 bits per heavy atom. The maximum absolute atomic E-state index is 11.7. The summed E-state index contributed by atoms with van der Waals surface area (Å²) in [7, 11) is 0. The molecule has 2 aromatic rings. The van der Waals surface area contributed by atoms with Crippen molar-refractivity contribution in [1.82, 2.24) is 0 Å². The summed E-state index contributed by atoms with van der Waals surface area (Å²) >= 11 is 0. The second-order valence-electron chi connectivity index (χ2n) is 6.11. The minimum atomic E-state index is -0.283. The molecule has 0 amide bonds. The Hall–Kier alpha value is -1.77. The number of unbranched alkanes of at least 4 members (excludes halogenated alkanes) is 5. The third-order valence-electron chi connectivity index (χ3n) is 4.09. The lowest BCUT2D eigenvalue weighted by Gasteiger charge is -2.08. The van der Waals surface area contributed by atoms with Gasteiger partial charge < -0.3 is 9.15 Å². The van der Waals surface area contributed by atoms with Gasteiger partial charge in [-0.25, -0.2) is 4.79 Å². The van der Waals surface area contributed by atoms with E-state index in [9.17, 15) is 4.79 Å². The van der Waals surface area contributed by atoms with Crippen LogP contribution in [-0.4, -0.2) is 6.61 Å². The number of benzene rings is 1. The smallest absolute Gasteiger partial charge is 0.336 e. The van der Waals surface area contributed by atoms with Gasteiger partial charge in [-0.15, -0.1) is 0 Å². The Morgan fingerprint density at radius 1 is 0.957 bits per heavy atom. The highest BCUT2D eigenvalue weighted by Gasteiger charge is 2.06. The molecule has 0 saturated heterocycles. The lowest BCUT2D eigenvalue weighted by Crippen LogP contribution is -2.01. The first-order valence-corrected chi connectivity index (χ1v) is 8.94. The van der Waals surface area contributed by atoms with Gasteiger partial charge in [-0.3, -0.25) is 0 Å². The van der Waals surface area contributed by atoms with E-state index in [-0.39, 0.29) is 5.63 Å². The molecule has 0 bridgehead atoms. The lowest BCUT2D eigenvalue weighted by molar-refractivity contribution is 0.304. The quantitative estimate of drug-likeness (QED) is 0.430. The predicted octanol–water partition coefficient (Wildman–Crippen LogP) is 5.48. The van der Waals surface area contributed by atoms with Crippen molar-refractivity contribution < 1.29 is 9.15 Å². The maximum atomic E-state index is 11.7. The van der Waals surface area contributed by atoms with Crippen molar-refractivity contribution in [2.75, 3.05) is 6.61 Å². The Bertz CT molecular complexity index is 657. The molecule has 0 aliphatic heterocycles. The lowest BCUT2D eigenvalue weighted by atomic mass is 10.1. The van der Waals surface area contributed by atoms with Crippen LogP contribution in [0.2, 0.25) is 0 Å². The number of hydrogen-bond acceptors (Lipinski definition) is 3. The number of aryl methyl sites for hydroxylation is 1. The highest BCUT2D eigenvalue weighted by molar-refractivity contribution is 5.81. The zero-order chi connectivity index (χ0) is 16.5. The summed E-state index contributed by atoms with van der Waals surface area (Å²) in [5.41, 5.74) is 1.40. The fourth-order valence-electron chi connectivity index (χ4n) is 2.85. The third kappa shape index (κ3) is 5.42. The minimum absolute atomic E-state index is 0.283. The molecule has 23 heavy (non-hydrogen) atoms. The van der Waals surface area contributed by atoms with Crippen LogP contribution >= 0.6 is 0 Å². The number of ether oxygens (including phenoxy) is 1. The largest absolute Gasteiger partial charge is 0.493 e. The summed E-state index contributed by atoms with van der Waals surface area (Å²) in [6.45, 7) is 5.06. The molecular weight excluding hydrogens is 288 g/mol. The van der Waals surface area contributed by atoms with Crippen LogP contribution in [0.5, 0.6) is 5.75 Å². The summed E-state index contributed by atoms with van der Waals surface area (Å²) in [6.07, 6.45) is 9.38. The Kier molecular flexibility index (Phi) is 7.18. The van der Waals surface area contributed by atoms with Crippen LogP contribution in [0.4, 0.5) is 0 Å². The zero-order valence-corrected chi connectivity index (χ0v) is 14.4. The molecule has 2 rings (SSSR count). The topological polar surface area (TPSA) is 39.4 Å². The molecule has 0 spiro atoms. The molecule has 0 fully saturated rings. The molecule has 0 unspecified atom stereocenters. The normalized spacial score (nSPS) is 11.0. The monoisotopic (exact) mass is 316 g/mol. The minimum Gasteiger partial charge on any atom is -0.493 e. The van der Waals surface area contributed by atoms with Crippen LogP contribution in [0.15, 0.2) is 33.5 Å². The third-order valence-corrected chi connectivity index (χ3v) is 4.09. The van der Waals surface area contributed by atoms with E-state index in [0.717, 1.165) is 42.6 Å². The summed E-state index contributed by atoms with van der Waals surface area (Å²) in [6, 6.07) is 7.41. The fourth-order valence-corrected chi connectivity index (χ4v) is 2.85. The van der Waals surface area contributed by atoms with E-state index >= 15 is 0 Å². The van der Waals surface area contributed by atoms with Crippen LogP contribution < -0.4 is 10.4 Å². The van der Waals surface area contributed by atoms with Crippen molar-refractivity contribution in [2.24, 2.45) is 0 Å². The summed E-state index contributed by atoms with van der Waals surface area (Å²) < 4.78 is 11.1. The van der Waals surface area contributed by atoms with Gasteiger partial charge in [0.25, 0.3) is 0 Å². The Morgan fingerprint density at radius 2 is 1.74 bits per heavy atom. The van der Waals surface area contributed by atoms with E-state index < -0.39 is 0 Å². The number of fused-ring (bicyclic) bond motifs is 1. The SMILES string of the molecule is CCCCCCCCOc1ccc2c(CCC)cc(=O)oc2c1. The maximum Gasteiger partial charge on any atom is 0.336 e. The first-order chi connectivity index (χ1) is 11.2. The highest BCUT2D eigenvalue weighted by atomic mass is 16.5. The van der Waals surface area contributed by atoms with E-state index in [1.165, 1.54) is 32.1 Å². The van der Waals surface area contributed by atoms with Gasteiger partial charge in [0.15, 0.2) is 0 Å². The molecule has 126 valence electrons. The second-order valence-corrected chi connectivity index (χ2v) is 6.11. The molecule has 1 heterocycles. The second kappa shape index (κ2) is 9.39. The first-order valence-electron chi connectivity index (χ1n) is 8.94. The van der Waals surface area contributed by atoms with E-state index in [2.05, 4.69) is 13.8 Å². The average molecular weight is 316 g/mol. The van der Waals surface area contributed by atoms with Crippen LogP contribution in [0.1, 0.15) is 64.4 Å². The highest BCUT2D eigenvalue weighted by Crippen LogP contribution is 2.23. The fraction of sp³-hybridized carbons (Fsp3) is 0.550. The molecule has 0 aliphatic carbocycles. The molecule has 1 aromatic heterocycles. The van der Waals surface area contributed by atoms with Crippen molar-refractivity contribution >= 4 is 11.0 Å². The van der Waals surface area contributed by atoms with Crippen molar-refractivity contribution in [3.05, 3.63) is 40.2 Å². The predicted molar refractivity (Wildman–Crippen MR) is 95.4 cm³/mol. The van der Waals surface area contributed by atoms with Crippen LogP contribution in [0.25, 0.3) is 11.0 Å². The van der Waals surface area contributed by atoms with Crippen LogP contribution in [-0.2, 0) is 6.42 Å². The molecule has 3 heteroatoms. The van der Waals surface area contributed by atoms with E-state index in [4.69, 9.17) is 9.15 Å². The molecule has 0 N–H and O–H groups in total. The summed E-state index contributed by atoms with van der Waals surface area (Å²) in [4.78, 5) is 11.7. The van der Waals surface area contributed by atoms with Crippen molar-refractivity contribution in [3.63, 3.8) is 0 Å². The molecule has 1 aromatic carbocycles. The molecule has 0 radical (unpaired) electrons. The molecule has 0 saturated carbocycles. The Balaban J connectivity index is 1.94. The summed E-state index contributed by atoms with van der Waals surface area (Å²) in [5.74, 6) is 0.780. The molecular formula is C20H28O3. The van der Waals surface area contributed by atoms with Crippen molar-refractivity contribution in [3.8, 4) is 5.75 Å². The molecule has 3 nitrogen and oxygen atoms in total. The van der Waals surface area contributed by atoms with Gasteiger partial charge >= 0.3 is 5.63 Å². The number of hydrogen-bond donors (Lipinski definition) is 0. The van der Waals surface area contributed by atoms with E-state index in [1.54, 1.807) is 6.07 Å². The Labute approximate surface area is 138 Å². The van der Waals surface area contributed by atoms with Gasteiger partial charge in [-0.2, -0.15) is 0 Å². The average Bonchev–Trinajstić information content (AvgIpc) is 2.54. The van der Waals surface area contributed by atoms with Gasteiger partial charge in [0.2, 0.25) is 0 Å². The number of rotatable bonds is 10. The van der Waals surface area contributed by atoms with Crippen molar-refractivity contribution in [1.29, 1.82) is 0 Å². The summed E-state index contributed by atoms with van der Waals surface area (Å²) in [5, 5.41) is 1.01. The van der Waals surface area contributed by atoms with Crippen LogP contribution in [0.3, 0.4) is 0 Å². The van der Waals surface area contributed by atoms with Gasteiger partial charge in [0, 0.05) is 17.5 Å². The molecule has 0 atom stereocenters. The van der Waals surface area contributed by atoms with Crippen molar-refractivity contribution in [2.45, 2.75) is 65.2 Å². The van der Waals surface area contributed by atoms with E-state index in [0.29, 0.717) is 5.58 Å². The first kappa shape index (κ1) is 17.6. The van der Waals surface area contributed by atoms with Gasteiger partial charge in [-0.05, 0) is 30.5 Å². The zero-order valence-electron chi connectivity index (χ0n) is 14.4. The van der Waals surface area contributed by atoms with Gasteiger partial charge in [-0.1, -0.05) is 52.4 Å². The van der Waals surface area contributed by atoms with E-state index in [1.807, 2.05) is 18.2 Å². The van der Waals surface area contributed by atoms with Crippen LogP contribution in [0, 0.1) is 0 Å².